The van der Waals surface area contributed by atoms with E-state index in [4.69, 9.17) is 28.4 Å². The van der Waals surface area contributed by atoms with E-state index in [0.717, 1.165) is 13.1 Å². The van der Waals surface area contributed by atoms with Crippen LogP contribution in [0.1, 0.15) is 6.92 Å². The topological polar surface area (TPSA) is 205 Å². The Morgan fingerprint density at radius 1 is 1.00 bits per heavy atom. The summed E-state index contributed by atoms with van der Waals surface area (Å²) in [6.45, 7) is 3.83. The average molecular weight is 551 g/mol. The number of hydrazone groups is 2. The molecule has 8 unspecified atom stereocenters. The van der Waals surface area contributed by atoms with Gasteiger partial charge in [0.25, 0.3) is 0 Å². The van der Waals surface area contributed by atoms with E-state index in [1.807, 2.05) is 0 Å². The Morgan fingerprint density at radius 2 is 1.58 bits per heavy atom. The predicted molar refractivity (Wildman–Crippen MR) is 128 cm³/mol. The number of carbonyl (C=O) groups is 1. The first-order valence-electron chi connectivity index (χ1n) is 12.5. The second-order valence-electron chi connectivity index (χ2n) is 8.79. The summed E-state index contributed by atoms with van der Waals surface area (Å²) in [5.41, 5.74) is 0. The van der Waals surface area contributed by atoms with Crippen molar-refractivity contribution in [3.63, 3.8) is 0 Å². The molecule has 3 saturated heterocycles. The van der Waals surface area contributed by atoms with Gasteiger partial charge in [0.1, 0.15) is 30.5 Å². The summed E-state index contributed by atoms with van der Waals surface area (Å²) in [7, 11) is 0. The fourth-order valence-corrected chi connectivity index (χ4v) is 3.96. The van der Waals surface area contributed by atoms with Crippen molar-refractivity contribution in [2.24, 2.45) is 10.2 Å². The van der Waals surface area contributed by atoms with Gasteiger partial charge in [-0.15, -0.1) is 0 Å². The molecule has 16 heteroatoms. The summed E-state index contributed by atoms with van der Waals surface area (Å²) in [5.74, 6) is -0.768. The summed E-state index contributed by atoms with van der Waals surface area (Å²) in [4.78, 5) is 11.5. The molecule has 0 spiro atoms. The molecule has 0 saturated carbocycles. The van der Waals surface area contributed by atoms with Crippen LogP contribution in [0.15, 0.2) is 10.2 Å². The maximum absolute atomic E-state index is 11.5. The molecule has 0 aromatic rings. The molecular formula is C22H38N4O12. The molecule has 3 aliphatic rings. The summed E-state index contributed by atoms with van der Waals surface area (Å²) in [5, 5.41) is 63.1. The first kappa shape index (κ1) is 30.6. The van der Waals surface area contributed by atoms with Gasteiger partial charge in [-0.1, -0.05) is 0 Å². The molecular weight excluding hydrogens is 512 g/mol. The Morgan fingerprint density at radius 3 is 2.11 bits per heavy atom. The van der Waals surface area contributed by atoms with Gasteiger partial charge < -0.3 is 54.0 Å². The maximum atomic E-state index is 11.5. The molecule has 0 radical (unpaired) electrons. The number of aliphatic hydroxyl groups excluding tert-OH is 5. The summed E-state index contributed by atoms with van der Waals surface area (Å²) in [6, 6.07) is 0. The number of ether oxygens (including phenoxy) is 6. The predicted octanol–water partition coefficient (Wildman–Crippen LogP) is -3.93. The van der Waals surface area contributed by atoms with Gasteiger partial charge in [-0.2, -0.15) is 10.2 Å². The molecule has 0 aromatic carbocycles. The van der Waals surface area contributed by atoms with Crippen molar-refractivity contribution in [1.82, 2.24) is 10.0 Å². The molecule has 3 rings (SSSR count). The molecule has 3 heterocycles. The number of hydrogen-bond acceptors (Lipinski definition) is 16. The molecule has 8 atom stereocenters. The zero-order valence-corrected chi connectivity index (χ0v) is 21.2. The second kappa shape index (κ2) is 15.6. The Kier molecular flexibility index (Phi) is 12.5. The van der Waals surface area contributed by atoms with Crippen LogP contribution in [0.25, 0.3) is 0 Å². The van der Waals surface area contributed by atoms with Gasteiger partial charge in [0.05, 0.1) is 78.2 Å². The third kappa shape index (κ3) is 9.04. The molecule has 0 aliphatic carbocycles. The minimum Gasteiger partial charge on any atom is -0.457 e. The highest BCUT2D eigenvalue weighted by molar-refractivity contribution is 5.66. The van der Waals surface area contributed by atoms with Gasteiger partial charge in [0, 0.05) is 6.92 Å². The fraction of sp³-hybridized carbons (Fsp3) is 0.864. The molecule has 3 fully saturated rings. The summed E-state index contributed by atoms with van der Waals surface area (Å²) in [6.07, 6.45) is -8.91. The zero-order chi connectivity index (χ0) is 27.5. The lowest BCUT2D eigenvalue weighted by Gasteiger charge is -2.42. The lowest BCUT2D eigenvalue weighted by molar-refractivity contribution is -0.315. The van der Waals surface area contributed by atoms with Gasteiger partial charge in [0.2, 0.25) is 0 Å². The van der Waals surface area contributed by atoms with Gasteiger partial charge >= 0.3 is 5.97 Å². The number of hydrogen-bond donors (Lipinski definition) is 5. The van der Waals surface area contributed by atoms with E-state index in [1.165, 1.54) is 6.21 Å². The van der Waals surface area contributed by atoms with Gasteiger partial charge in [-0.25, -0.2) is 0 Å². The zero-order valence-electron chi connectivity index (χ0n) is 21.2. The lowest BCUT2D eigenvalue weighted by atomic mass is 9.99. The Labute approximate surface area is 219 Å². The van der Waals surface area contributed by atoms with Crippen molar-refractivity contribution < 1.29 is 58.7 Å². The standard InChI is InChI=1S/C22H38N4O12/c1-14(29)35-21-19(31)17(13-28)38-22(20(21)32)37-15(10-23-25-2-6-33-7-3-25)16(12-27)36-18(30)11-24-26-4-8-34-9-5-26/h10-11,15-22,27-28,30-32H,2-9,12-13H2,1H3. The molecule has 0 amide bonds. The molecule has 218 valence electrons. The largest absolute Gasteiger partial charge is 0.457 e. The minimum atomic E-state index is -1.66. The van der Waals surface area contributed by atoms with Crippen LogP contribution in [0.3, 0.4) is 0 Å². The fourth-order valence-electron chi connectivity index (χ4n) is 3.96. The van der Waals surface area contributed by atoms with Crippen LogP contribution in [0.5, 0.6) is 0 Å². The van der Waals surface area contributed by atoms with Gasteiger partial charge in [-0.3, -0.25) is 14.8 Å². The van der Waals surface area contributed by atoms with Crippen molar-refractivity contribution in [1.29, 1.82) is 0 Å². The van der Waals surface area contributed by atoms with Crippen LogP contribution < -0.4 is 0 Å². The SMILES string of the molecule is CC(=O)OC1C(O)C(CO)OC(OC(C=NN2CCOCC2)C(CO)OC(O)C=NN2CCOCC2)C1O. The van der Waals surface area contributed by atoms with Crippen LogP contribution >= 0.6 is 0 Å². The number of aliphatic hydroxyl groups is 5. The number of carbonyl (C=O) groups excluding carboxylic acids is 1. The van der Waals surface area contributed by atoms with E-state index in [-0.39, 0.29) is 0 Å². The van der Waals surface area contributed by atoms with Gasteiger partial charge in [0.15, 0.2) is 18.7 Å². The van der Waals surface area contributed by atoms with E-state index in [1.54, 1.807) is 10.0 Å². The van der Waals surface area contributed by atoms with Crippen LogP contribution in [-0.4, -0.2) is 169 Å². The molecule has 38 heavy (non-hydrogen) atoms. The maximum Gasteiger partial charge on any atom is 0.303 e. The number of esters is 1. The van der Waals surface area contributed by atoms with Crippen molar-refractivity contribution in [3.8, 4) is 0 Å². The molecule has 5 N–H and O–H groups in total. The molecule has 16 nitrogen and oxygen atoms in total. The van der Waals surface area contributed by atoms with Crippen LogP contribution in [0.2, 0.25) is 0 Å². The third-order valence-corrected chi connectivity index (χ3v) is 5.99. The van der Waals surface area contributed by atoms with E-state index >= 15 is 0 Å². The normalized spacial score (nSPS) is 31.5. The number of rotatable bonds is 12. The summed E-state index contributed by atoms with van der Waals surface area (Å²) >= 11 is 0. The Bertz CT molecular complexity index is 765. The number of nitrogens with zero attached hydrogens (tertiary/aromatic N) is 4. The van der Waals surface area contributed by atoms with Crippen LogP contribution in [-0.2, 0) is 33.2 Å². The molecule has 0 aromatic heterocycles. The Hall–Kier alpha value is -1.99. The van der Waals surface area contributed by atoms with Crippen molar-refractivity contribution in [3.05, 3.63) is 0 Å². The summed E-state index contributed by atoms with van der Waals surface area (Å²) < 4.78 is 32.5. The van der Waals surface area contributed by atoms with Crippen molar-refractivity contribution >= 4 is 18.4 Å². The van der Waals surface area contributed by atoms with E-state index in [9.17, 15) is 30.3 Å². The van der Waals surface area contributed by atoms with Crippen LogP contribution in [0.4, 0.5) is 0 Å². The monoisotopic (exact) mass is 550 g/mol. The van der Waals surface area contributed by atoms with Crippen LogP contribution in [0, 0.1) is 0 Å². The first-order chi connectivity index (χ1) is 18.3. The lowest BCUT2D eigenvalue weighted by Crippen LogP contribution is -2.61. The smallest absolute Gasteiger partial charge is 0.303 e. The molecule has 3 aliphatic heterocycles. The minimum absolute atomic E-state index is 0.462. The second-order valence-corrected chi connectivity index (χ2v) is 8.79. The van der Waals surface area contributed by atoms with E-state index < -0.39 is 68.4 Å². The highest BCUT2D eigenvalue weighted by Gasteiger charge is 2.48. The Balaban J connectivity index is 1.75. The quantitative estimate of drug-likeness (QED) is 0.0895. The highest BCUT2D eigenvalue weighted by Crippen LogP contribution is 2.26. The van der Waals surface area contributed by atoms with Gasteiger partial charge in [-0.05, 0) is 0 Å². The van der Waals surface area contributed by atoms with E-state index in [0.29, 0.717) is 52.6 Å². The number of morpholine rings is 2. The third-order valence-electron chi connectivity index (χ3n) is 5.99. The molecule has 0 bridgehead atoms. The first-order valence-corrected chi connectivity index (χ1v) is 12.5. The average Bonchev–Trinajstić information content (AvgIpc) is 2.93. The van der Waals surface area contributed by atoms with Crippen molar-refractivity contribution in [2.75, 3.05) is 65.8 Å². The highest BCUT2D eigenvalue weighted by atomic mass is 16.7. The van der Waals surface area contributed by atoms with Crippen molar-refractivity contribution in [2.45, 2.75) is 56.1 Å². The van der Waals surface area contributed by atoms with E-state index in [2.05, 4.69) is 10.2 Å².